The van der Waals surface area contributed by atoms with Crippen molar-refractivity contribution in [3.8, 4) is 5.75 Å². The zero-order valence-electron chi connectivity index (χ0n) is 7.33. The Morgan fingerprint density at radius 3 is 2.36 bits per heavy atom. The summed E-state index contributed by atoms with van der Waals surface area (Å²) >= 11 is 0. The Kier molecular flexibility index (Phi) is 3.55. The lowest BCUT2D eigenvalue weighted by atomic mass is 10.3. The van der Waals surface area contributed by atoms with E-state index in [0.29, 0.717) is 5.75 Å². The summed E-state index contributed by atoms with van der Waals surface area (Å²) in [5.74, 6) is -0.808. The molecule has 72 valence electrons. The van der Waals surface area contributed by atoms with Gasteiger partial charge in [0.05, 0.1) is 0 Å². The predicted octanol–water partition coefficient (Wildman–Crippen LogP) is 2.55. The van der Waals surface area contributed by atoms with E-state index in [-0.39, 0.29) is 5.90 Å². The molecule has 14 heavy (non-hydrogen) atoms. The highest BCUT2D eigenvalue weighted by molar-refractivity contribution is 5.94. The molecule has 0 radical (unpaired) electrons. The van der Waals surface area contributed by atoms with Crippen molar-refractivity contribution in [1.29, 1.82) is 10.8 Å². The monoisotopic (exact) mass is 192 g/mol. The standard InChI is InChI=1S/C10H9FN2O/c11-9(12)6-7-10(13)14-8-4-2-1-3-5-8/h1-7,12-13H/b7-6-,12-9?,13-10?. The van der Waals surface area contributed by atoms with E-state index in [9.17, 15) is 4.39 Å². The molecule has 4 heteroatoms. The molecular weight excluding hydrogens is 183 g/mol. The Hall–Kier alpha value is -1.97. The topological polar surface area (TPSA) is 56.9 Å². The van der Waals surface area contributed by atoms with E-state index in [1.54, 1.807) is 24.3 Å². The Bertz CT molecular complexity index is 360. The van der Waals surface area contributed by atoms with Gasteiger partial charge in [0.15, 0.2) is 0 Å². The van der Waals surface area contributed by atoms with Crippen LogP contribution in [0.4, 0.5) is 4.39 Å². The van der Waals surface area contributed by atoms with Crippen LogP contribution in [-0.2, 0) is 0 Å². The third kappa shape index (κ3) is 3.62. The molecule has 0 bridgehead atoms. The number of nitrogens with one attached hydrogen (secondary N) is 2. The van der Waals surface area contributed by atoms with Crippen molar-refractivity contribution in [3.05, 3.63) is 42.5 Å². The van der Waals surface area contributed by atoms with Crippen molar-refractivity contribution in [2.24, 2.45) is 0 Å². The highest BCUT2D eigenvalue weighted by Crippen LogP contribution is 2.08. The smallest absolute Gasteiger partial charge is 0.212 e. The molecule has 0 aliphatic rings. The van der Waals surface area contributed by atoms with Crippen molar-refractivity contribution in [2.45, 2.75) is 0 Å². The first kappa shape index (κ1) is 10.1. The molecule has 1 aromatic carbocycles. The molecule has 0 amide bonds. The molecule has 0 spiro atoms. The van der Waals surface area contributed by atoms with Gasteiger partial charge in [0.25, 0.3) is 0 Å². The number of benzene rings is 1. The predicted molar refractivity (Wildman–Crippen MR) is 52.8 cm³/mol. The zero-order chi connectivity index (χ0) is 10.4. The van der Waals surface area contributed by atoms with Crippen molar-refractivity contribution < 1.29 is 9.13 Å². The fourth-order valence-electron chi connectivity index (χ4n) is 0.798. The number of allylic oxidation sites excluding steroid dienone is 1. The number of para-hydroxylation sites is 1. The van der Waals surface area contributed by atoms with Gasteiger partial charge in [-0.15, -0.1) is 0 Å². The van der Waals surface area contributed by atoms with Crippen LogP contribution in [0, 0.1) is 10.8 Å². The lowest BCUT2D eigenvalue weighted by Crippen LogP contribution is -2.02. The fourth-order valence-corrected chi connectivity index (χ4v) is 0.798. The summed E-state index contributed by atoms with van der Waals surface area (Å²) in [6.45, 7) is 0. The molecule has 0 aliphatic heterocycles. The molecule has 0 fully saturated rings. The maximum absolute atomic E-state index is 11.9. The highest BCUT2D eigenvalue weighted by atomic mass is 19.1. The van der Waals surface area contributed by atoms with Crippen LogP contribution in [0.2, 0.25) is 0 Å². The van der Waals surface area contributed by atoms with E-state index >= 15 is 0 Å². The normalized spacial score (nSPS) is 10.1. The molecule has 0 unspecified atom stereocenters. The Morgan fingerprint density at radius 2 is 1.79 bits per heavy atom. The largest absolute Gasteiger partial charge is 0.440 e. The molecule has 0 aliphatic carbocycles. The van der Waals surface area contributed by atoms with Gasteiger partial charge < -0.3 is 4.74 Å². The van der Waals surface area contributed by atoms with Crippen LogP contribution in [0.25, 0.3) is 0 Å². The van der Waals surface area contributed by atoms with E-state index in [1.165, 1.54) is 0 Å². The number of hydrogen-bond acceptors (Lipinski definition) is 3. The average Bonchev–Trinajstić information content (AvgIpc) is 2.16. The molecular formula is C10H9FN2O. The van der Waals surface area contributed by atoms with Crippen LogP contribution in [0.5, 0.6) is 5.75 Å². The van der Waals surface area contributed by atoms with Gasteiger partial charge in [-0.25, -0.2) is 0 Å². The summed E-state index contributed by atoms with van der Waals surface area (Å²) in [4.78, 5) is 0. The molecule has 0 saturated carbocycles. The van der Waals surface area contributed by atoms with Gasteiger partial charge in [0.2, 0.25) is 11.9 Å². The number of ether oxygens (including phenoxy) is 1. The average molecular weight is 192 g/mol. The third-order valence-electron chi connectivity index (χ3n) is 1.35. The minimum Gasteiger partial charge on any atom is -0.440 e. The Balaban J connectivity index is 2.54. The summed E-state index contributed by atoms with van der Waals surface area (Å²) in [5, 5.41) is 13.7. The first-order valence-corrected chi connectivity index (χ1v) is 3.92. The van der Waals surface area contributed by atoms with Crippen LogP contribution in [0.1, 0.15) is 0 Å². The maximum Gasteiger partial charge on any atom is 0.212 e. The van der Waals surface area contributed by atoms with Crippen molar-refractivity contribution in [2.75, 3.05) is 0 Å². The molecule has 1 rings (SSSR count). The lowest BCUT2D eigenvalue weighted by Gasteiger charge is -2.01. The molecule has 0 heterocycles. The molecule has 0 aromatic heterocycles. The highest BCUT2D eigenvalue weighted by Gasteiger charge is 1.95. The second-order valence-corrected chi connectivity index (χ2v) is 2.46. The molecule has 2 N–H and O–H groups in total. The summed E-state index contributed by atoms with van der Waals surface area (Å²) in [5.41, 5.74) is 0. The number of halogens is 1. The SMILES string of the molecule is N=C(F)/C=C\C(=N)Oc1ccccc1. The number of hydrogen-bond donors (Lipinski definition) is 2. The first-order chi connectivity index (χ1) is 6.68. The minimum atomic E-state index is -1.11. The van der Waals surface area contributed by atoms with Gasteiger partial charge in [-0.3, -0.25) is 10.8 Å². The second-order valence-electron chi connectivity index (χ2n) is 2.46. The summed E-state index contributed by atoms with van der Waals surface area (Å²) in [6.07, 6.45) is 1.93. The summed E-state index contributed by atoms with van der Waals surface area (Å²) in [7, 11) is 0. The third-order valence-corrected chi connectivity index (χ3v) is 1.35. The van der Waals surface area contributed by atoms with E-state index in [1.807, 2.05) is 6.07 Å². The Labute approximate surface area is 80.9 Å². The van der Waals surface area contributed by atoms with Crippen molar-refractivity contribution in [3.63, 3.8) is 0 Å². The van der Waals surface area contributed by atoms with Gasteiger partial charge in [0.1, 0.15) is 5.75 Å². The van der Waals surface area contributed by atoms with Crippen LogP contribution < -0.4 is 4.74 Å². The van der Waals surface area contributed by atoms with Crippen molar-refractivity contribution >= 4 is 11.9 Å². The first-order valence-electron chi connectivity index (χ1n) is 3.92. The quantitative estimate of drug-likeness (QED) is 0.561. The molecule has 0 atom stereocenters. The summed E-state index contributed by atoms with van der Waals surface area (Å²) < 4.78 is 16.9. The van der Waals surface area contributed by atoms with Crippen LogP contribution in [-0.4, -0.2) is 11.9 Å². The van der Waals surface area contributed by atoms with Gasteiger partial charge in [0, 0.05) is 6.08 Å². The van der Waals surface area contributed by atoms with Gasteiger partial charge >= 0.3 is 0 Å². The Morgan fingerprint density at radius 1 is 1.14 bits per heavy atom. The van der Waals surface area contributed by atoms with E-state index < -0.39 is 5.97 Å². The van der Waals surface area contributed by atoms with Gasteiger partial charge in [-0.2, -0.15) is 4.39 Å². The van der Waals surface area contributed by atoms with Gasteiger partial charge in [-0.05, 0) is 18.2 Å². The van der Waals surface area contributed by atoms with Gasteiger partial charge in [-0.1, -0.05) is 18.2 Å². The fraction of sp³-hybridized carbons (Fsp3) is 0. The lowest BCUT2D eigenvalue weighted by molar-refractivity contribution is 0.550. The van der Waals surface area contributed by atoms with Crippen molar-refractivity contribution in [1.82, 2.24) is 0 Å². The minimum absolute atomic E-state index is 0.210. The van der Waals surface area contributed by atoms with Crippen LogP contribution >= 0.6 is 0 Å². The zero-order valence-corrected chi connectivity index (χ0v) is 7.33. The van der Waals surface area contributed by atoms with E-state index in [0.717, 1.165) is 12.2 Å². The van der Waals surface area contributed by atoms with E-state index in [4.69, 9.17) is 15.6 Å². The van der Waals surface area contributed by atoms with Crippen LogP contribution in [0.15, 0.2) is 42.5 Å². The molecule has 3 nitrogen and oxygen atoms in total. The van der Waals surface area contributed by atoms with Crippen LogP contribution in [0.3, 0.4) is 0 Å². The molecule has 0 saturated heterocycles. The molecule has 1 aromatic rings. The summed E-state index contributed by atoms with van der Waals surface area (Å²) in [6, 6.07) is 8.73. The van der Waals surface area contributed by atoms with E-state index in [2.05, 4.69) is 0 Å². The number of rotatable bonds is 3. The maximum atomic E-state index is 11.9. The second kappa shape index (κ2) is 4.91.